The van der Waals surface area contributed by atoms with Crippen molar-refractivity contribution in [3.8, 4) is 0 Å². The minimum atomic E-state index is 0.0288. The lowest BCUT2D eigenvalue weighted by molar-refractivity contribution is 0.311. The molecule has 1 aliphatic heterocycles. The van der Waals surface area contributed by atoms with Crippen molar-refractivity contribution < 1.29 is 5.11 Å². The molecule has 0 aliphatic carbocycles. The number of hydrogen-bond acceptors (Lipinski definition) is 7. The molecule has 7 nitrogen and oxygen atoms in total. The maximum absolute atomic E-state index is 9.03. The zero-order valence-electron chi connectivity index (χ0n) is 13.7. The Kier molecular flexibility index (Phi) is 5.06. The predicted molar refractivity (Wildman–Crippen MR) is 101 cm³/mol. The van der Waals surface area contributed by atoms with Crippen molar-refractivity contribution in [1.82, 2.24) is 9.97 Å². The van der Waals surface area contributed by atoms with Crippen molar-refractivity contribution in [2.45, 2.75) is 19.9 Å². The lowest BCUT2D eigenvalue weighted by Crippen LogP contribution is -2.30. The molecule has 2 heterocycles. The van der Waals surface area contributed by atoms with E-state index in [0.29, 0.717) is 31.0 Å². The molecular formula is C16H21BrN6O. The first-order chi connectivity index (χ1) is 11.6. The maximum atomic E-state index is 9.03. The number of fused-ring (bicyclic) bond motifs is 1. The van der Waals surface area contributed by atoms with Crippen LogP contribution in [0, 0.1) is 0 Å². The molecule has 0 unspecified atom stereocenters. The maximum Gasteiger partial charge on any atom is 0.226 e. The van der Waals surface area contributed by atoms with Crippen LogP contribution in [0.1, 0.15) is 13.8 Å². The molecule has 128 valence electrons. The van der Waals surface area contributed by atoms with Crippen molar-refractivity contribution in [3.05, 3.63) is 28.7 Å². The second kappa shape index (κ2) is 7.23. The lowest BCUT2D eigenvalue weighted by atomic mass is 10.3. The molecule has 4 N–H and O–H groups in total. The summed E-state index contributed by atoms with van der Waals surface area (Å²) in [4.78, 5) is 11.3. The highest BCUT2D eigenvalue weighted by molar-refractivity contribution is 9.10. The standard InChI is InChI=1S/C16H21BrN6O/c1-10(2)23-9-19-13-14(20-12-5-3-4-11(17)8-12)21-16(18-6-7-24)22-15(13)23/h3-5,8,10,19,24H,6-7,9H2,1-2H3,(H2,18,20,21,22). The van der Waals surface area contributed by atoms with Gasteiger partial charge in [-0.05, 0) is 32.0 Å². The van der Waals surface area contributed by atoms with Crippen LogP contribution in [0.4, 0.5) is 29.0 Å². The zero-order valence-corrected chi connectivity index (χ0v) is 15.3. The number of rotatable bonds is 6. The van der Waals surface area contributed by atoms with Gasteiger partial charge in [-0.2, -0.15) is 9.97 Å². The number of benzene rings is 1. The third-order valence-corrected chi connectivity index (χ3v) is 4.19. The number of nitrogens with one attached hydrogen (secondary N) is 3. The average molecular weight is 393 g/mol. The summed E-state index contributed by atoms with van der Waals surface area (Å²) in [6.45, 7) is 5.38. The van der Waals surface area contributed by atoms with E-state index in [2.05, 4.69) is 60.6 Å². The summed E-state index contributed by atoms with van der Waals surface area (Å²) in [7, 11) is 0. The van der Waals surface area contributed by atoms with Crippen LogP contribution in [0.15, 0.2) is 28.7 Å². The summed E-state index contributed by atoms with van der Waals surface area (Å²) in [6, 6.07) is 8.23. The number of hydrogen-bond donors (Lipinski definition) is 4. The Hall–Kier alpha value is -2.06. The second-order valence-electron chi connectivity index (χ2n) is 5.78. The largest absolute Gasteiger partial charge is 0.395 e. The summed E-state index contributed by atoms with van der Waals surface area (Å²) in [5.74, 6) is 2.06. The molecule has 0 saturated heterocycles. The van der Waals surface area contributed by atoms with Crippen molar-refractivity contribution in [1.29, 1.82) is 0 Å². The normalized spacial score (nSPS) is 13.0. The van der Waals surface area contributed by atoms with E-state index in [-0.39, 0.29) is 6.61 Å². The summed E-state index contributed by atoms with van der Waals surface area (Å²) in [5, 5.41) is 18.8. The van der Waals surface area contributed by atoms with Crippen LogP contribution >= 0.6 is 15.9 Å². The van der Waals surface area contributed by atoms with Gasteiger partial charge < -0.3 is 26.0 Å². The first-order valence-corrected chi connectivity index (χ1v) is 8.67. The average Bonchev–Trinajstić information content (AvgIpc) is 2.97. The third-order valence-electron chi connectivity index (χ3n) is 3.69. The summed E-state index contributed by atoms with van der Waals surface area (Å²) in [6.07, 6.45) is 0. The molecule has 1 aromatic heterocycles. The molecule has 0 bridgehead atoms. The number of nitrogens with zero attached hydrogens (tertiary/aromatic N) is 3. The lowest BCUT2D eigenvalue weighted by Gasteiger charge is -2.22. The first kappa shape index (κ1) is 16.8. The predicted octanol–water partition coefficient (Wildman–Crippen LogP) is 2.98. The van der Waals surface area contributed by atoms with Crippen molar-refractivity contribution in [3.63, 3.8) is 0 Å². The van der Waals surface area contributed by atoms with E-state index in [0.717, 1.165) is 21.7 Å². The van der Waals surface area contributed by atoms with Gasteiger partial charge in [-0.3, -0.25) is 0 Å². The van der Waals surface area contributed by atoms with Gasteiger partial charge in [-0.25, -0.2) is 0 Å². The Morgan fingerprint density at radius 1 is 1.38 bits per heavy atom. The Morgan fingerprint density at radius 3 is 2.92 bits per heavy atom. The fourth-order valence-electron chi connectivity index (χ4n) is 2.53. The highest BCUT2D eigenvalue weighted by atomic mass is 79.9. The van der Waals surface area contributed by atoms with Gasteiger partial charge >= 0.3 is 0 Å². The van der Waals surface area contributed by atoms with Gasteiger partial charge in [0, 0.05) is 22.7 Å². The zero-order chi connectivity index (χ0) is 17.1. The van der Waals surface area contributed by atoms with E-state index >= 15 is 0 Å². The molecule has 8 heteroatoms. The van der Waals surface area contributed by atoms with E-state index in [9.17, 15) is 0 Å². The molecule has 3 rings (SSSR count). The Labute approximate surface area is 149 Å². The monoisotopic (exact) mass is 392 g/mol. The van der Waals surface area contributed by atoms with Crippen molar-refractivity contribution >= 4 is 44.9 Å². The Bertz CT molecular complexity index is 724. The number of aliphatic hydroxyl groups excluding tert-OH is 1. The highest BCUT2D eigenvalue weighted by Crippen LogP contribution is 2.38. The SMILES string of the molecule is CC(C)N1CNc2c(Nc3cccc(Br)c3)nc(NCCO)nc21. The summed E-state index contributed by atoms with van der Waals surface area (Å²) < 4.78 is 0.994. The highest BCUT2D eigenvalue weighted by Gasteiger charge is 2.27. The molecule has 0 fully saturated rings. The number of aromatic nitrogens is 2. The van der Waals surface area contributed by atoms with Gasteiger partial charge in [-0.15, -0.1) is 0 Å². The van der Waals surface area contributed by atoms with E-state index in [1.807, 2.05) is 24.3 Å². The van der Waals surface area contributed by atoms with Gasteiger partial charge in [0.05, 0.1) is 13.3 Å². The number of anilines is 5. The topological polar surface area (TPSA) is 85.3 Å². The minimum absolute atomic E-state index is 0.0288. The van der Waals surface area contributed by atoms with Crippen LogP contribution in [0.5, 0.6) is 0 Å². The Balaban J connectivity index is 1.98. The molecule has 24 heavy (non-hydrogen) atoms. The van der Waals surface area contributed by atoms with Gasteiger partial charge in [0.1, 0.15) is 5.69 Å². The van der Waals surface area contributed by atoms with Gasteiger partial charge in [0.2, 0.25) is 5.95 Å². The van der Waals surface area contributed by atoms with Crippen molar-refractivity contribution in [2.24, 2.45) is 0 Å². The first-order valence-electron chi connectivity index (χ1n) is 7.88. The minimum Gasteiger partial charge on any atom is -0.395 e. The molecule has 0 spiro atoms. The van der Waals surface area contributed by atoms with E-state index in [1.54, 1.807) is 0 Å². The third kappa shape index (κ3) is 3.54. The number of halogens is 1. The summed E-state index contributed by atoms with van der Waals surface area (Å²) >= 11 is 3.48. The summed E-state index contributed by atoms with van der Waals surface area (Å²) in [5.41, 5.74) is 1.82. The second-order valence-corrected chi connectivity index (χ2v) is 6.69. The van der Waals surface area contributed by atoms with Crippen LogP contribution in [-0.4, -0.2) is 40.9 Å². The molecule has 0 radical (unpaired) electrons. The quantitative estimate of drug-likeness (QED) is 0.601. The molecule has 1 aliphatic rings. The van der Waals surface area contributed by atoms with Crippen LogP contribution in [0.2, 0.25) is 0 Å². The van der Waals surface area contributed by atoms with E-state index in [4.69, 9.17) is 5.11 Å². The van der Waals surface area contributed by atoms with Gasteiger partial charge in [0.15, 0.2) is 11.6 Å². The van der Waals surface area contributed by atoms with Crippen LogP contribution in [0.3, 0.4) is 0 Å². The van der Waals surface area contributed by atoms with Crippen molar-refractivity contribution in [2.75, 3.05) is 40.7 Å². The van der Waals surface area contributed by atoms with Gasteiger partial charge in [-0.1, -0.05) is 22.0 Å². The fourth-order valence-corrected chi connectivity index (χ4v) is 2.93. The molecular weight excluding hydrogens is 372 g/mol. The molecule has 0 atom stereocenters. The molecule has 1 aromatic carbocycles. The van der Waals surface area contributed by atoms with E-state index in [1.165, 1.54) is 0 Å². The Morgan fingerprint density at radius 2 is 2.21 bits per heavy atom. The van der Waals surface area contributed by atoms with E-state index < -0.39 is 0 Å². The van der Waals surface area contributed by atoms with Crippen LogP contribution in [0.25, 0.3) is 0 Å². The van der Waals surface area contributed by atoms with Crippen LogP contribution in [-0.2, 0) is 0 Å². The molecule has 0 amide bonds. The fraction of sp³-hybridized carbons (Fsp3) is 0.375. The van der Waals surface area contributed by atoms with Gasteiger partial charge in [0.25, 0.3) is 0 Å². The number of aliphatic hydroxyl groups is 1. The van der Waals surface area contributed by atoms with Crippen LogP contribution < -0.4 is 20.9 Å². The molecule has 0 saturated carbocycles. The molecule has 2 aromatic rings. The smallest absolute Gasteiger partial charge is 0.226 e.